The molecule has 0 aromatic carbocycles. The first-order chi connectivity index (χ1) is 9.10. The van der Waals surface area contributed by atoms with Gasteiger partial charge >= 0.3 is 0 Å². The maximum absolute atomic E-state index is 12.4. The number of ether oxygens (including phenoxy) is 1. The van der Waals surface area contributed by atoms with Crippen molar-refractivity contribution in [2.24, 2.45) is 11.7 Å². The Hall–Kier alpha value is -0.910. The first kappa shape index (κ1) is 16.1. The van der Waals surface area contributed by atoms with Crippen LogP contribution in [0.4, 0.5) is 0 Å². The van der Waals surface area contributed by atoms with Crippen LogP contribution >= 0.6 is 11.3 Å². The number of methoxy groups -OCH3 is 1. The minimum absolute atomic E-state index is 0.0137. The summed E-state index contributed by atoms with van der Waals surface area (Å²) in [6.45, 7) is 5.80. The number of hydrogen-bond acceptors (Lipinski definition) is 4. The third-order valence-electron chi connectivity index (χ3n) is 3.35. The summed E-state index contributed by atoms with van der Waals surface area (Å²) < 4.78 is 5.08. The minimum atomic E-state index is -0.429. The second-order valence-electron chi connectivity index (χ2n) is 4.74. The number of hydrogen-bond donors (Lipinski definition) is 1. The maximum atomic E-state index is 12.4. The minimum Gasteiger partial charge on any atom is -0.383 e. The van der Waals surface area contributed by atoms with Crippen molar-refractivity contribution in [3.8, 4) is 0 Å². The number of amides is 1. The number of nitrogens with two attached hydrogens (primary N) is 1. The number of carbonyl (C=O) groups is 1. The molecule has 1 aromatic rings. The molecule has 2 unspecified atom stereocenters. The quantitative estimate of drug-likeness (QED) is 0.795. The number of nitrogens with zero attached hydrogens (tertiary/aromatic N) is 1. The van der Waals surface area contributed by atoms with Crippen LogP contribution in [0.5, 0.6) is 0 Å². The van der Waals surface area contributed by atoms with Crippen LogP contribution < -0.4 is 5.73 Å². The monoisotopic (exact) mass is 284 g/mol. The third kappa shape index (κ3) is 4.93. The molecule has 1 heterocycles. The fourth-order valence-electron chi connectivity index (χ4n) is 1.77. The van der Waals surface area contributed by atoms with E-state index in [2.05, 4.69) is 6.92 Å². The van der Waals surface area contributed by atoms with Crippen molar-refractivity contribution in [1.29, 1.82) is 0 Å². The van der Waals surface area contributed by atoms with E-state index in [0.29, 0.717) is 19.7 Å². The lowest BCUT2D eigenvalue weighted by Crippen LogP contribution is -2.47. The molecule has 0 saturated carbocycles. The standard InChI is InChI=1S/C14H24N2O2S/c1-4-11(2)13(15)14(17)16(7-8-18-3)10-12-6-5-9-19-12/h5-6,9,11,13H,4,7-8,10,15H2,1-3H3. The molecule has 2 atom stereocenters. The Kier molecular flexibility index (Phi) is 7.05. The summed E-state index contributed by atoms with van der Waals surface area (Å²) in [5.74, 6) is 0.209. The van der Waals surface area contributed by atoms with E-state index in [4.69, 9.17) is 10.5 Å². The zero-order valence-electron chi connectivity index (χ0n) is 12.0. The van der Waals surface area contributed by atoms with Crippen molar-refractivity contribution in [3.05, 3.63) is 22.4 Å². The van der Waals surface area contributed by atoms with Crippen molar-refractivity contribution in [1.82, 2.24) is 4.90 Å². The molecule has 2 N–H and O–H groups in total. The van der Waals surface area contributed by atoms with Crippen LogP contribution in [0, 0.1) is 5.92 Å². The summed E-state index contributed by atoms with van der Waals surface area (Å²) >= 11 is 1.65. The summed E-state index contributed by atoms with van der Waals surface area (Å²) in [6.07, 6.45) is 0.907. The molecule has 0 radical (unpaired) electrons. The van der Waals surface area contributed by atoms with E-state index >= 15 is 0 Å². The second-order valence-corrected chi connectivity index (χ2v) is 5.78. The molecular weight excluding hydrogens is 260 g/mol. The Balaban J connectivity index is 2.69. The Morgan fingerprint density at radius 1 is 1.58 bits per heavy atom. The molecule has 108 valence electrons. The largest absolute Gasteiger partial charge is 0.383 e. The molecule has 0 aliphatic rings. The smallest absolute Gasteiger partial charge is 0.240 e. The fraction of sp³-hybridized carbons (Fsp3) is 0.643. The van der Waals surface area contributed by atoms with Gasteiger partial charge in [-0.1, -0.05) is 26.3 Å². The van der Waals surface area contributed by atoms with E-state index in [1.54, 1.807) is 23.3 Å². The summed E-state index contributed by atoms with van der Waals surface area (Å²) in [4.78, 5) is 15.4. The highest BCUT2D eigenvalue weighted by molar-refractivity contribution is 7.09. The Morgan fingerprint density at radius 3 is 2.84 bits per heavy atom. The van der Waals surface area contributed by atoms with Gasteiger partial charge in [-0.25, -0.2) is 0 Å². The Bertz CT molecular complexity index is 368. The number of rotatable bonds is 8. The predicted molar refractivity (Wildman–Crippen MR) is 79.0 cm³/mol. The van der Waals surface area contributed by atoms with Gasteiger partial charge in [0, 0.05) is 18.5 Å². The number of carbonyl (C=O) groups excluding carboxylic acids is 1. The lowest BCUT2D eigenvalue weighted by molar-refractivity contribution is -0.135. The van der Waals surface area contributed by atoms with Gasteiger partial charge in [-0.05, 0) is 17.4 Å². The molecule has 0 aliphatic heterocycles. The van der Waals surface area contributed by atoms with Crippen molar-refractivity contribution < 1.29 is 9.53 Å². The van der Waals surface area contributed by atoms with Gasteiger partial charge < -0.3 is 15.4 Å². The molecule has 1 rings (SSSR count). The molecule has 19 heavy (non-hydrogen) atoms. The average Bonchev–Trinajstić information content (AvgIpc) is 2.93. The molecule has 0 aliphatic carbocycles. The van der Waals surface area contributed by atoms with Crippen LogP contribution in [-0.4, -0.2) is 37.1 Å². The third-order valence-corrected chi connectivity index (χ3v) is 4.21. The highest BCUT2D eigenvalue weighted by Gasteiger charge is 2.25. The zero-order chi connectivity index (χ0) is 14.3. The summed E-state index contributed by atoms with van der Waals surface area (Å²) in [5, 5.41) is 2.02. The van der Waals surface area contributed by atoms with E-state index in [1.165, 1.54) is 4.88 Å². The highest BCUT2D eigenvalue weighted by atomic mass is 32.1. The fourth-order valence-corrected chi connectivity index (χ4v) is 2.49. The van der Waals surface area contributed by atoms with Crippen LogP contribution in [0.1, 0.15) is 25.1 Å². The SMILES string of the molecule is CCC(C)C(N)C(=O)N(CCOC)Cc1cccs1. The van der Waals surface area contributed by atoms with Crippen molar-refractivity contribution in [2.75, 3.05) is 20.3 Å². The molecule has 0 spiro atoms. The Morgan fingerprint density at radius 2 is 2.32 bits per heavy atom. The van der Waals surface area contributed by atoms with E-state index in [1.807, 2.05) is 24.4 Å². The van der Waals surface area contributed by atoms with Gasteiger partial charge in [0.25, 0.3) is 0 Å². The van der Waals surface area contributed by atoms with Gasteiger partial charge in [-0.3, -0.25) is 4.79 Å². The molecule has 0 saturated heterocycles. The summed E-state index contributed by atoms with van der Waals surface area (Å²) in [5.41, 5.74) is 6.04. The normalized spacial score (nSPS) is 14.1. The van der Waals surface area contributed by atoms with Crippen molar-refractivity contribution in [3.63, 3.8) is 0 Å². The van der Waals surface area contributed by atoms with Gasteiger partial charge in [0.2, 0.25) is 5.91 Å². The maximum Gasteiger partial charge on any atom is 0.240 e. The van der Waals surface area contributed by atoms with Crippen LogP contribution in [0.2, 0.25) is 0 Å². The van der Waals surface area contributed by atoms with Crippen molar-refractivity contribution >= 4 is 17.2 Å². The molecule has 4 nitrogen and oxygen atoms in total. The lowest BCUT2D eigenvalue weighted by atomic mass is 9.99. The van der Waals surface area contributed by atoms with E-state index in [-0.39, 0.29) is 11.8 Å². The van der Waals surface area contributed by atoms with Gasteiger partial charge in [0.15, 0.2) is 0 Å². The van der Waals surface area contributed by atoms with Gasteiger partial charge in [0.05, 0.1) is 19.2 Å². The number of thiophene rings is 1. The zero-order valence-corrected chi connectivity index (χ0v) is 12.8. The average molecular weight is 284 g/mol. The predicted octanol–water partition coefficient (Wildman–Crippen LogP) is 2.10. The van der Waals surface area contributed by atoms with Gasteiger partial charge in [-0.15, -0.1) is 11.3 Å². The van der Waals surface area contributed by atoms with E-state index in [0.717, 1.165) is 6.42 Å². The highest BCUT2D eigenvalue weighted by Crippen LogP contribution is 2.15. The van der Waals surface area contributed by atoms with Crippen LogP contribution in [0.25, 0.3) is 0 Å². The molecule has 0 bridgehead atoms. The van der Waals surface area contributed by atoms with Crippen LogP contribution in [0.3, 0.4) is 0 Å². The van der Waals surface area contributed by atoms with Gasteiger partial charge in [-0.2, -0.15) is 0 Å². The molecule has 5 heteroatoms. The van der Waals surface area contributed by atoms with Crippen molar-refractivity contribution in [2.45, 2.75) is 32.9 Å². The summed E-state index contributed by atoms with van der Waals surface area (Å²) in [6, 6.07) is 3.60. The Labute approximate surface area is 119 Å². The van der Waals surface area contributed by atoms with E-state index < -0.39 is 6.04 Å². The van der Waals surface area contributed by atoms with Crippen LogP contribution in [0.15, 0.2) is 17.5 Å². The first-order valence-corrected chi connectivity index (χ1v) is 7.53. The van der Waals surface area contributed by atoms with Gasteiger partial charge in [0.1, 0.15) is 0 Å². The summed E-state index contributed by atoms with van der Waals surface area (Å²) in [7, 11) is 1.64. The topological polar surface area (TPSA) is 55.6 Å². The molecule has 0 fully saturated rings. The van der Waals surface area contributed by atoms with Crippen LogP contribution in [-0.2, 0) is 16.1 Å². The molecule has 1 aromatic heterocycles. The lowest BCUT2D eigenvalue weighted by Gasteiger charge is -2.27. The second kappa shape index (κ2) is 8.30. The van der Waals surface area contributed by atoms with E-state index in [9.17, 15) is 4.79 Å². The molecule has 1 amide bonds. The first-order valence-electron chi connectivity index (χ1n) is 6.65. The molecular formula is C14H24N2O2S.